The summed E-state index contributed by atoms with van der Waals surface area (Å²) in [5.41, 5.74) is 1.65. The first-order valence-electron chi connectivity index (χ1n) is 7.73. The van der Waals surface area contributed by atoms with E-state index in [1.165, 1.54) is 23.5 Å². The van der Waals surface area contributed by atoms with Crippen molar-refractivity contribution in [2.75, 3.05) is 11.4 Å². The van der Waals surface area contributed by atoms with Crippen molar-refractivity contribution in [2.45, 2.75) is 32.6 Å². The van der Waals surface area contributed by atoms with Gasteiger partial charge in [-0.15, -0.1) is 11.3 Å². The maximum atomic E-state index is 13.3. The normalized spacial score (nSPS) is 13.7. The maximum absolute atomic E-state index is 13.3. The van der Waals surface area contributed by atoms with Crippen molar-refractivity contribution >= 4 is 28.7 Å². The fraction of sp³-hybridized carbons (Fsp3) is 0.333. The van der Waals surface area contributed by atoms with Gasteiger partial charge in [-0.2, -0.15) is 0 Å². The highest BCUT2D eigenvalue weighted by atomic mass is 32.1. The number of hydrogen-bond donors (Lipinski definition) is 0. The molecular formula is C18H18FNO2S. The lowest BCUT2D eigenvalue weighted by Gasteiger charge is -2.29. The monoisotopic (exact) mass is 331 g/mol. The molecule has 0 radical (unpaired) electrons. The first-order valence-corrected chi connectivity index (χ1v) is 8.54. The average Bonchev–Trinajstić information content (AvgIpc) is 2.98. The topological polar surface area (TPSA) is 37.4 Å². The van der Waals surface area contributed by atoms with Crippen molar-refractivity contribution in [1.29, 1.82) is 0 Å². The van der Waals surface area contributed by atoms with E-state index in [2.05, 4.69) is 0 Å². The van der Waals surface area contributed by atoms with Crippen molar-refractivity contribution < 1.29 is 14.0 Å². The lowest BCUT2D eigenvalue weighted by Crippen LogP contribution is -2.35. The summed E-state index contributed by atoms with van der Waals surface area (Å²) in [4.78, 5) is 28.1. The standard InChI is InChI=1S/C18H18FNO2S/c1-12-4-8-17(23-12)16(21)7-9-18(22)20-10-2-3-13-11-14(19)5-6-15(13)20/h4-6,8,11H,2-3,7,9-10H2,1H3. The number of nitrogens with zero attached hydrogens (tertiary/aromatic N) is 1. The highest BCUT2D eigenvalue weighted by Crippen LogP contribution is 2.28. The number of carbonyl (C=O) groups is 2. The second kappa shape index (κ2) is 6.62. The Morgan fingerprint density at radius 2 is 2.04 bits per heavy atom. The van der Waals surface area contributed by atoms with Crippen LogP contribution in [0.2, 0.25) is 0 Å². The summed E-state index contributed by atoms with van der Waals surface area (Å²) in [6.45, 7) is 2.58. The molecule has 5 heteroatoms. The van der Waals surface area contributed by atoms with Gasteiger partial charge in [0.1, 0.15) is 5.82 Å². The molecule has 0 fully saturated rings. The highest BCUT2D eigenvalue weighted by molar-refractivity contribution is 7.14. The van der Waals surface area contributed by atoms with E-state index in [1.807, 2.05) is 19.1 Å². The minimum atomic E-state index is -0.277. The smallest absolute Gasteiger partial charge is 0.227 e. The van der Waals surface area contributed by atoms with Gasteiger partial charge in [0.05, 0.1) is 4.88 Å². The predicted molar refractivity (Wildman–Crippen MR) is 89.7 cm³/mol. The van der Waals surface area contributed by atoms with E-state index in [0.717, 1.165) is 29.0 Å². The average molecular weight is 331 g/mol. The summed E-state index contributed by atoms with van der Waals surface area (Å²) in [5.74, 6) is -0.340. The van der Waals surface area contributed by atoms with Gasteiger partial charge in [-0.25, -0.2) is 4.39 Å². The van der Waals surface area contributed by atoms with Crippen LogP contribution in [0.15, 0.2) is 30.3 Å². The van der Waals surface area contributed by atoms with Crippen LogP contribution in [0.3, 0.4) is 0 Å². The van der Waals surface area contributed by atoms with Crippen LogP contribution < -0.4 is 4.90 Å². The minimum Gasteiger partial charge on any atom is -0.312 e. The Balaban J connectivity index is 1.66. The fourth-order valence-electron chi connectivity index (χ4n) is 2.89. The third-order valence-corrected chi connectivity index (χ3v) is 5.08. The molecule has 0 spiro atoms. The predicted octanol–water partition coefficient (Wildman–Crippen LogP) is 4.14. The van der Waals surface area contributed by atoms with Gasteiger partial charge in [-0.05, 0) is 55.7 Å². The number of rotatable bonds is 4. The number of anilines is 1. The quantitative estimate of drug-likeness (QED) is 0.790. The van der Waals surface area contributed by atoms with Crippen LogP contribution >= 0.6 is 11.3 Å². The van der Waals surface area contributed by atoms with E-state index >= 15 is 0 Å². The summed E-state index contributed by atoms with van der Waals surface area (Å²) in [6.07, 6.45) is 2.00. The Hall–Kier alpha value is -2.01. The van der Waals surface area contributed by atoms with E-state index in [1.54, 1.807) is 11.0 Å². The number of Topliss-reactive ketones (excluding diaryl/α,β-unsaturated/α-hetero) is 1. The molecule has 3 rings (SSSR count). The van der Waals surface area contributed by atoms with Crippen LogP contribution in [0.1, 0.15) is 39.4 Å². The summed E-state index contributed by atoms with van der Waals surface area (Å²) in [6, 6.07) is 8.26. The number of ketones is 1. The molecule has 0 saturated heterocycles. The lowest BCUT2D eigenvalue weighted by molar-refractivity contribution is -0.118. The molecule has 0 bridgehead atoms. The Labute approximate surface area is 138 Å². The van der Waals surface area contributed by atoms with Gasteiger partial charge in [0.15, 0.2) is 5.78 Å². The zero-order valence-corrected chi connectivity index (χ0v) is 13.8. The van der Waals surface area contributed by atoms with Crippen LogP contribution in [0.25, 0.3) is 0 Å². The molecule has 0 unspecified atom stereocenters. The van der Waals surface area contributed by atoms with Crippen LogP contribution in [-0.2, 0) is 11.2 Å². The summed E-state index contributed by atoms with van der Waals surface area (Å²) in [7, 11) is 0. The summed E-state index contributed by atoms with van der Waals surface area (Å²) >= 11 is 1.46. The molecule has 0 atom stereocenters. The number of amides is 1. The van der Waals surface area contributed by atoms with Crippen LogP contribution in [-0.4, -0.2) is 18.2 Å². The zero-order chi connectivity index (χ0) is 16.4. The molecule has 2 aromatic rings. The Kier molecular flexibility index (Phi) is 4.57. The molecule has 0 aliphatic carbocycles. The number of fused-ring (bicyclic) bond motifs is 1. The molecule has 120 valence electrons. The number of thiophene rings is 1. The Bertz CT molecular complexity index is 753. The molecule has 0 saturated carbocycles. The van der Waals surface area contributed by atoms with Crippen molar-refractivity contribution in [3.8, 4) is 0 Å². The summed E-state index contributed by atoms with van der Waals surface area (Å²) in [5, 5.41) is 0. The molecule has 1 aliphatic heterocycles. The third kappa shape index (κ3) is 3.50. The molecular weight excluding hydrogens is 313 g/mol. The van der Waals surface area contributed by atoms with Gasteiger partial charge in [0, 0.05) is 30.0 Å². The van der Waals surface area contributed by atoms with Gasteiger partial charge >= 0.3 is 0 Å². The number of halogens is 1. The summed E-state index contributed by atoms with van der Waals surface area (Å²) < 4.78 is 13.3. The van der Waals surface area contributed by atoms with Gasteiger partial charge in [-0.3, -0.25) is 9.59 Å². The third-order valence-electron chi connectivity index (χ3n) is 4.04. The second-order valence-electron chi connectivity index (χ2n) is 5.76. The minimum absolute atomic E-state index is 0.00721. The first-order chi connectivity index (χ1) is 11.0. The van der Waals surface area contributed by atoms with Crippen molar-refractivity contribution in [3.05, 3.63) is 51.5 Å². The SMILES string of the molecule is Cc1ccc(C(=O)CCC(=O)N2CCCc3cc(F)ccc32)s1. The largest absolute Gasteiger partial charge is 0.312 e. The van der Waals surface area contributed by atoms with Crippen molar-refractivity contribution in [2.24, 2.45) is 0 Å². The van der Waals surface area contributed by atoms with E-state index in [0.29, 0.717) is 11.4 Å². The number of carbonyl (C=O) groups excluding carboxylic acids is 2. The molecule has 1 amide bonds. The van der Waals surface area contributed by atoms with Crippen LogP contribution in [0, 0.1) is 12.7 Å². The van der Waals surface area contributed by atoms with Gasteiger partial charge in [0.2, 0.25) is 5.91 Å². The zero-order valence-electron chi connectivity index (χ0n) is 13.0. The van der Waals surface area contributed by atoms with Crippen LogP contribution in [0.5, 0.6) is 0 Å². The number of hydrogen-bond acceptors (Lipinski definition) is 3. The van der Waals surface area contributed by atoms with E-state index in [-0.39, 0.29) is 30.3 Å². The van der Waals surface area contributed by atoms with Gasteiger partial charge < -0.3 is 4.90 Å². The van der Waals surface area contributed by atoms with Crippen molar-refractivity contribution in [1.82, 2.24) is 0 Å². The Morgan fingerprint density at radius 1 is 1.22 bits per heavy atom. The Morgan fingerprint density at radius 3 is 2.78 bits per heavy atom. The molecule has 1 aromatic heterocycles. The number of aryl methyl sites for hydroxylation is 2. The van der Waals surface area contributed by atoms with Gasteiger partial charge in [-0.1, -0.05) is 0 Å². The molecule has 1 aliphatic rings. The van der Waals surface area contributed by atoms with E-state index < -0.39 is 0 Å². The highest BCUT2D eigenvalue weighted by Gasteiger charge is 2.23. The lowest BCUT2D eigenvalue weighted by atomic mass is 10.0. The second-order valence-corrected chi connectivity index (χ2v) is 7.04. The van der Waals surface area contributed by atoms with Gasteiger partial charge in [0.25, 0.3) is 0 Å². The van der Waals surface area contributed by atoms with Crippen LogP contribution in [0.4, 0.5) is 10.1 Å². The fourth-order valence-corrected chi connectivity index (χ4v) is 3.72. The molecule has 3 nitrogen and oxygen atoms in total. The number of benzene rings is 1. The first kappa shape index (κ1) is 15.9. The maximum Gasteiger partial charge on any atom is 0.227 e. The molecule has 0 N–H and O–H groups in total. The molecule has 1 aromatic carbocycles. The van der Waals surface area contributed by atoms with Crippen molar-refractivity contribution in [3.63, 3.8) is 0 Å². The molecule has 2 heterocycles. The molecule has 23 heavy (non-hydrogen) atoms. The van der Waals surface area contributed by atoms with E-state index in [4.69, 9.17) is 0 Å². The van der Waals surface area contributed by atoms with E-state index in [9.17, 15) is 14.0 Å².